The summed E-state index contributed by atoms with van der Waals surface area (Å²) in [5.41, 5.74) is 0.678. The average molecular weight is 338 g/mol. The van der Waals surface area contributed by atoms with Crippen molar-refractivity contribution in [1.29, 1.82) is 0 Å². The molecule has 23 heavy (non-hydrogen) atoms. The summed E-state index contributed by atoms with van der Waals surface area (Å²) in [5, 5.41) is 0. The van der Waals surface area contributed by atoms with Gasteiger partial charge in [0.05, 0.1) is 12.3 Å². The number of benzene rings is 1. The number of nitrogens with one attached hydrogen (secondary N) is 1. The van der Waals surface area contributed by atoms with Gasteiger partial charge < -0.3 is 9.64 Å². The molecule has 1 aromatic rings. The maximum atomic E-state index is 11.8. The fourth-order valence-corrected chi connectivity index (χ4v) is 4.46. The van der Waals surface area contributed by atoms with Gasteiger partial charge in [-0.05, 0) is 32.8 Å². The van der Waals surface area contributed by atoms with E-state index in [9.17, 15) is 8.42 Å². The van der Waals surface area contributed by atoms with Gasteiger partial charge in [-0.25, -0.2) is 13.1 Å². The number of fused-ring (bicyclic) bond motifs is 1. The van der Waals surface area contributed by atoms with Crippen LogP contribution in [0, 0.1) is 0 Å². The minimum absolute atomic E-state index is 0.208. The van der Waals surface area contributed by atoms with Gasteiger partial charge in [0.2, 0.25) is 10.0 Å². The second-order valence-electron chi connectivity index (χ2n) is 7.10. The first-order valence-corrected chi connectivity index (χ1v) is 10.2. The highest BCUT2D eigenvalue weighted by Crippen LogP contribution is 2.44. The monoisotopic (exact) mass is 338 g/mol. The van der Waals surface area contributed by atoms with Crippen molar-refractivity contribution in [2.75, 3.05) is 19.3 Å². The molecule has 5 nitrogen and oxygen atoms in total. The lowest BCUT2D eigenvalue weighted by Gasteiger charge is -2.47. The van der Waals surface area contributed by atoms with E-state index in [1.807, 2.05) is 24.3 Å². The number of likely N-dealkylation sites (tertiary alicyclic amines) is 1. The van der Waals surface area contributed by atoms with E-state index in [2.05, 4.69) is 23.5 Å². The summed E-state index contributed by atoms with van der Waals surface area (Å²) in [6.07, 6.45) is 3.78. The third-order valence-corrected chi connectivity index (χ3v) is 5.71. The van der Waals surface area contributed by atoms with Gasteiger partial charge in [0.1, 0.15) is 11.4 Å². The van der Waals surface area contributed by atoms with Crippen molar-refractivity contribution in [2.45, 2.75) is 50.8 Å². The number of nitrogens with zero attached hydrogens (tertiary/aromatic N) is 1. The van der Waals surface area contributed by atoms with Crippen LogP contribution in [-0.2, 0) is 10.0 Å². The Morgan fingerprint density at radius 1 is 1.26 bits per heavy atom. The van der Waals surface area contributed by atoms with Gasteiger partial charge in [-0.3, -0.25) is 0 Å². The molecule has 0 radical (unpaired) electrons. The van der Waals surface area contributed by atoms with Gasteiger partial charge >= 0.3 is 0 Å². The summed E-state index contributed by atoms with van der Waals surface area (Å²) in [4.78, 5) is 2.45. The Bertz CT molecular complexity index is 664. The molecule has 1 spiro atoms. The zero-order valence-corrected chi connectivity index (χ0v) is 14.9. The number of piperidine rings is 1. The van der Waals surface area contributed by atoms with Crippen LogP contribution in [0.5, 0.6) is 5.75 Å². The summed E-state index contributed by atoms with van der Waals surface area (Å²) in [7, 11) is -3.26. The van der Waals surface area contributed by atoms with E-state index in [0.29, 0.717) is 12.5 Å². The number of ether oxygens (including phenoxy) is 1. The SMILES string of the molecule is CC(C)N1CCC2(CC1)CC(NS(C)(=O)=O)c1ccccc1O2. The molecule has 3 rings (SSSR count). The maximum Gasteiger partial charge on any atom is 0.209 e. The Morgan fingerprint density at radius 2 is 1.91 bits per heavy atom. The molecular formula is C17H26N2O3S. The van der Waals surface area contributed by atoms with E-state index in [4.69, 9.17) is 4.74 Å². The zero-order valence-electron chi connectivity index (χ0n) is 14.1. The lowest BCUT2D eigenvalue weighted by Crippen LogP contribution is -2.53. The molecule has 6 heteroatoms. The van der Waals surface area contributed by atoms with Crippen LogP contribution in [0.25, 0.3) is 0 Å². The molecule has 1 N–H and O–H groups in total. The van der Waals surface area contributed by atoms with Gasteiger partial charge in [0.15, 0.2) is 0 Å². The Balaban J connectivity index is 1.86. The van der Waals surface area contributed by atoms with Gasteiger partial charge in [-0.1, -0.05) is 18.2 Å². The fourth-order valence-electron chi connectivity index (χ4n) is 3.74. The van der Waals surface area contributed by atoms with Crippen molar-refractivity contribution >= 4 is 10.0 Å². The first kappa shape index (κ1) is 16.7. The van der Waals surface area contributed by atoms with Crippen molar-refractivity contribution in [3.8, 4) is 5.75 Å². The van der Waals surface area contributed by atoms with E-state index in [1.165, 1.54) is 6.26 Å². The van der Waals surface area contributed by atoms with E-state index in [-0.39, 0.29) is 11.6 Å². The molecule has 2 heterocycles. The van der Waals surface area contributed by atoms with Crippen LogP contribution in [-0.4, -0.2) is 44.3 Å². The molecule has 0 saturated carbocycles. The number of hydrogen-bond acceptors (Lipinski definition) is 4. The Hall–Kier alpha value is -1.11. The Labute approximate surface area is 139 Å². The zero-order chi connectivity index (χ0) is 16.7. The maximum absolute atomic E-state index is 11.8. The number of hydrogen-bond donors (Lipinski definition) is 1. The van der Waals surface area contributed by atoms with Crippen molar-refractivity contribution in [3.05, 3.63) is 29.8 Å². The van der Waals surface area contributed by atoms with Gasteiger partial charge in [0.25, 0.3) is 0 Å². The summed E-state index contributed by atoms with van der Waals surface area (Å²) in [6.45, 7) is 6.41. The smallest absolute Gasteiger partial charge is 0.209 e. The lowest BCUT2D eigenvalue weighted by atomic mass is 9.80. The Kier molecular flexibility index (Phi) is 4.42. The molecule has 0 amide bonds. The minimum Gasteiger partial charge on any atom is -0.487 e. The van der Waals surface area contributed by atoms with Crippen molar-refractivity contribution in [3.63, 3.8) is 0 Å². The van der Waals surface area contributed by atoms with Crippen molar-refractivity contribution in [1.82, 2.24) is 9.62 Å². The summed E-state index contributed by atoms with van der Waals surface area (Å²) in [5.74, 6) is 0.817. The molecule has 128 valence electrons. The van der Waals surface area contributed by atoms with Crippen molar-refractivity contribution in [2.24, 2.45) is 0 Å². The molecule has 0 aliphatic carbocycles. The molecule has 2 aliphatic heterocycles. The summed E-state index contributed by atoms with van der Waals surface area (Å²) >= 11 is 0. The number of rotatable bonds is 3. The fraction of sp³-hybridized carbons (Fsp3) is 0.647. The quantitative estimate of drug-likeness (QED) is 0.919. The van der Waals surface area contributed by atoms with Crippen LogP contribution in [0.1, 0.15) is 44.7 Å². The standard InChI is InChI=1S/C17H26N2O3S/c1-13(2)19-10-8-17(9-11-19)12-15(18-23(3,20)21)14-6-4-5-7-16(14)22-17/h4-7,13,15,18H,8-12H2,1-3H3. The van der Waals surface area contributed by atoms with E-state index >= 15 is 0 Å². The van der Waals surface area contributed by atoms with E-state index in [0.717, 1.165) is 37.2 Å². The molecule has 2 aliphatic rings. The number of para-hydroxylation sites is 1. The predicted octanol–water partition coefficient (Wildman–Crippen LogP) is 2.30. The highest BCUT2D eigenvalue weighted by molar-refractivity contribution is 7.88. The van der Waals surface area contributed by atoms with Crippen LogP contribution < -0.4 is 9.46 Å². The molecule has 1 atom stereocenters. The Morgan fingerprint density at radius 3 is 2.52 bits per heavy atom. The molecule has 0 bridgehead atoms. The number of sulfonamides is 1. The first-order valence-electron chi connectivity index (χ1n) is 8.27. The third-order valence-electron chi connectivity index (χ3n) is 4.99. The predicted molar refractivity (Wildman–Crippen MR) is 91.1 cm³/mol. The van der Waals surface area contributed by atoms with Crippen LogP contribution in [0.2, 0.25) is 0 Å². The van der Waals surface area contributed by atoms with Crippen LogP contribution >= 0.6 is 0 Å². The minimum atomic E-state index is -3.26. The summed E-state index contributed by atoms with van der Waals surface area (Å²) in [6, 6.07) is 8.10. The van der Waals surface area contributed by atoms with Gasteiger partial charge in [-0.2, -0.15) is 0 Å². The molecule has 1 aromatic carbocycles. The highest BCUT2D eigenvalue weighted by atomic mass is 32.2. The lowest BCUT2D eigenvalue weighted by molar-refractivity contribution is -0.0292. The molecular weight excluding hydrogens is 312 g/mol. The topological polar surface area (TPSA) is 58.6 Å². The average Bonchev–Trinajstić information content (AvgIpc) is 2.46. The second-order valence-corrected chi connectivity index (χ2v) is 8.88. The van der Waals surface area contributed by atoms with Crippen molar-refractivity contribution < 1.29 is 13.2 Å². The molecule has 0 aromatic heterocycles. The molecule has 1 unspecified atom stereocenters. The van der Waals surface area contributed by atoms with Crippen LogP contribution in [0.15, 0.2) is 24.3 Å². The van der Waals surface area contributed by atoms with Crippen LogP contribution in [0.4, 0.5) is 0 Å². The third kappa shape index (κ3) is 3.70. The first-order chi connectivity index (χ1) is 10.8. The van der Waals surface area contributed by atoms with Gasteiger partial charge in [-0.15, -0.1) is 0 Å². The normalized spacial score (nSPS) is 24.4. The van der Waals surface area contributed by atoms with Gasteiger partial charge in [0, 0.05) is 31.1 Å². The van der Waals surface area contributed by atoms with E-state index < -0.39 is 10.0 Å². The van der Waals surface area contributed by atoms with E-state index in [1.54, 1.807) is 0 Å². The highest BCUT2D eigenvalue weighted by Gasteiger charge is 2.44. The summed E-state index contributed by atoms with van der Waals surface area (Å²) < 4.78 is 32.7. The van der Waals surface area contributed by atoms with Crippen LogP contribution in [0.3, 0.4) is 0 Å². The molecule has 1 saturated heterocycles. The largest absolute Gasteiger partial charge is 0.487 e. The molecule has 1 fully saturated rings. The second kappa shape index (κ2) is 6.07.